The lowest BCUT2D eigenvalue weighted by Crippen LogP contribution is -2.18. The second-order valence-electron chi connectivity index (χ2n) is 10.1. The summed E-state index contributed by atoms with van der Waals surface area (Å²) in [4.78, 5) is 20.0. The third-order valence-corrected chi connectivity index (χ3v) is 7.53. The first-order chi connectivity index (χ1) is 18.7. The molecule has 0 bridgehead atoms. The Morgan fingerprint density at radius 3 is 2.63 bits per heavy atom. The highest BCUT2D eigenvalue weighted by Crippen LogP contribution is 2.33. The van der Waals surface area contributed by atoms with Gasteiger partial charge in [0.1, 0.15) is 5.69 Å². The van der Waals surface area contributed by atoms with Crippen molar-refractivity contribution in [1.29, 1.82) is 0 Å². The SMILES string of the molecule is CCc1cc(CN2CCCC2)cc(-c2cnc3n[nH]c(-c4nc5c(-c6cccnc6)cccc5[nH]4)c3c2)c1. The highest BCUT2D eigenvalue weighted by Gasteiger charge is 2.17. The number of aromatic amines is 2. The van der Waals surface area contributed by atoms with Gasteiger partial charge in [0.15, 0.2) is 11.5 Å². The van der Waals surface area contributed by atoms with E-state index in [0.29, 0.717) is 5.65 Å². The number of hydrogen-bond acceptors (Lipinski definition) is 5. The van der Waals surface area contributed by atoms with E-state index < -0.39 is 0 Å². The number of aromatic nitrogens is 6. The Balaban J connectivity index is 1.30. The second-order valence-corrected chi connectivity index (χ2v) is 10.1. The summed E-state index contributed by atoms with van der Waals surface area (Å²) in [7, 11) is 0. The molecule has 7 heteroatoms. The Morgan fingerprint density at radius 1 is 0.895 bits per heavy atom. The first-order valence-corrected chi connectivity index (χ1v) is 13.3. The quantitative estimate of drug-likeness (QED) is 0.277. The fraction of sp³-hybridized carbons (Fsp3) is 0.226. The Morgan fingerprint density at radius 2 is 1.79 bits per heavy atom. The van der Waals surface area contributed by atoms with E-state index in [9.17, 15) is 0 Å². The molecule has 0 spiro atoms. The summed E-state index contributed by atoms with van der Waals surface area (Å²) in [5, 5.41) is 8.62. The lowest BCUT2D eigenvalue weighted by molar-refractivity contribution is 0.331. The van der Waals surface area contributed by atoms with Gasteiger partial charge in [0.2, 0.25) is 0 Å². The van der Waals surface area contributed by atoms with Crippen LogP contribution in [0.5, 0.6) is 0 Å². The molecule has 1 aliphatic rings. The summed E-state index contributed by atoms with van der Waals surface area (Å²) in [6, 6.07) is 19.3. The molecule has 0 unspecified atom stereocenters. The van der Waals surface area contributed by atoms with Crippen LogP contribution >= 0.6 is 0 Å². The predicted molar refractivity (Wildman–Crippen MR) is 152 cm³/mol. The van der Waals surface area contributed by atoms with Crippen LogP contribution in [0.25, 0.3) is 55.8 Å². The van der Waals surface area contributed by atoms with Gasteiger partial charge in [-0.25, -0.2) is 9.97 Å². The maximum absolute atomic E-state index is 5.00. The number of fused-ring (bicyclic) bond motifs is 2. The van der Waals surface area contributed by atoms with E-state index in [1.54, 1.807) is 6.20 Å². The van der Waals surface area contributed by atoms with Gasteiger partial charge in [0.25, 0.3) is 0 Å². The average molecular weight is 500 g/mol. The summed E-state index contributed by atoms with van der Waals surface area (Å²) in [5.74, 6) is 0.745. The maximum atomic E-state index is 5.00. The Bertz CT molecular complexity index is 1740. The van der Waals surface area contributed by atoms with E-state index in [1.807, 2.05) is 30.6 Å². The number of nitrogens with one attached hydrogen (secondary N) is 2. The fourth-order valence-electron chi connectivity index (χ4n) is 5.57. The summed E-state index contributed by atoms with van der Waals surface area (Å²) in [6.07, 6.45) is 9.19. The summed E-state index contributed by atoms with van der Waals surface area (Å²) < 4.78 is 0. The van der Waals surface area contributed by atoms with Gasteiger partial charge in [0, 0.05) is 41.8 Å². The van der Waals surface area contributed by atoms with Crippen LogP contribution in [0, 0.1) is 0 Å². The molecule has 0 radical (unpaired) electrons. The molecule has 1 saturated heterocycles. The highest BCUT2D eigenvalue weighted by atomic mass is 15.2. The van der Waals surface area contributed by atoms with Crippen LogP contribution in [0.3, 0.4) is 0 Å². The van der Waals surface area contributed by atoms with E-state index in [-0.39, 0.29) is 0 Å². The lowest BCUT2D eigenvalue weighted by Gasteiger charge is -2.16. The maximum Gasteiger partial charge on any atom is 0.181 e. The van der Waals surface area contributed by atoms with Gasteiger partial charge in [0.05, 0.1) is 16.4 Å². The van der Waals surface area contributed by atoms with Gasteiger partial charge in [-0.3, -0.25) is 15.0 Å². The first-order valence-electron chi connectivity index (χ1n) is 13.3. The van der Waals surface area contributed by atoms with Crippen molar-refractivity contribution in [2.24, 2.45) is 0 Å². The van der Waals surface area contributed by atoms with E-state index in [2.05, 4.69) is 68.4 Å². The van der Waals surface area contributed by atoms with Crippen LogP contribution in [0.2, 0.25) is 0 Å². The Kier molecular flexibility index (Phi) is 5.70. The fourth-order valence-corrected chi connectivity index (χ4v) is 5.57. The molecule has 188 valence electrons. The zero-order chi connectivity index (χ0) is 25.5. The molecular formula is C31H29N7. The average Bonchev–Trinajstić information content (AvgIpc) is 3.72. The van der Waals surface area contributed by atoms with Crippen LogP contribution in [-0.4, -0.2) is 48.1 Å². The topological polar surface area (TPSA) is 86.4 Å². The standard InChI is InChI=1S/C31H29N7/c1-2-20-13-21(19-38-11-3-4-12-38)15-23(14-20)24-16-26-29(36-37-30(26)33-18-24)31-34-27-9-5-8-25(28(27)35-31)22-7-6-10-32-17-22/h5-10,13-18H,2-4,11-12,19H2,1H3,(H,34,35)(H,33,36,37). The summed E-state index contributed by atoms with van der Waals surface area (Å²) in [5.41, 5.74) is 10.5. The third kappa shape index (κ3) is 4.15. The number of imidazole rings is 1. The number of aryl methyl sites for hydroxylation is 1. The zero-order valence-corrected chi connectivity index (χ0v) is 21.4. The van der Waals surface area contributed by atoms with Crippen LogP contribution in [0.4, 0.5) is 0 Å². The number of H-pyrrole nitrogens is 2. The molecule has 0 amide bonds. The van der Waals surface area contributed by atoms with E-state index in [0.717, 1.165) is 57.6 Å². The van der Waals surface area contributed by atoms with Gasteiger partial charge in [-0.05, 0) is 73.3 Å². The molecule has 7 nitrogen and oxygen atoms in total. The molecule has 5 heterocycles. The monoisotopic (exact) mass is 499 g/mol. The summed E-state index contributed by atoms with van der Waals surface area (Å²) >= 11 is 0. The number of nitrogens with zero attached hydrogens (tertiary/aromatic N) is 5. The van der Waals surface area contributed by atoms with Crippen molar-refractivity contribution in [3.8, 4) is 33.8 Å². The molecule has 1 fully saturated rings. The van der Waals surface area contributed by atoms with E-state index in [4.69, 9.17) is 9.97 Å². The van der Waals surface area contributed by atoms with Crippen LogP contribution in [0.15, 0.2) is 73.2 Å². The molecule has 6 aromatic rings. The largest absolute Gasteiger partial charge is 0.337 e. The van der Waals surface area contributed by atoms with E-state index >= 15 is 0 Å². The lowest BCUT2D eigenvalue weighted by atomic mass is 9.98. The van der Waals surface area contributed by atoms with Gasteiger partial charge in [-0.1, -0.05) is 37.3 Å². The number of pyridine rings is 2. The van der Waals surface area contributed by atoms with Crippen LogP contribution in [0.1, 0.15) is 30.9 Å². The molecule has 2 aromatic carbocycles. The van der Waals surface area contributed by atoms with Crippen LogP contribution in [-0.2, 0) is 13.0 Å². The molecule has 2 N–H and O–H groups in total. The zero-order valence-electron chi connectivity index (χ0n) is 21.4. The molecule has 0 saturated carbocycles. The molecule has 0 aliphatic carbocycles. The van der Waals surface area contributed by atoms with Crippen LogP contribution < -0.4 is 0 Å². The molecule has 38 heavy (non-hydrogen) atoms. The van der Waals surface area contributed by atoms with Gasteiger partial charge in [-0.15, -0.1) is 0 Å². The van der Waals surface area contributed by atoms with Crippen molar-refractivity contribution >= 4 is 22.1 Å². The second kappa shape index (κ2) is 9.50. The minimum atomic E-state index is 0.681. The molecule has 4 aromatic heterocycles. The van der Waals surface area contributed by atoms with Gasteiger partial charge in [-0.2, -0.15) is 5.10 Å². The van der Waals surface area contributed by atoms with Gasteiger partial charge >= 0.3 is 0 Å². The minimum Gasteiger partial charge on any atom is -0.337 e. The predicted octanol–water partition coefficient (Wildman–Crippen LogP) is 6.39. The number of para-hydroxylation sites is 1. The van der Waals surface area contributed by atoms with Crippen molar-refractivity contribution in [1.82, 2.24) is 35.0 Å². The summed E-state index contributed by atoms with van der Waals surface area (Å²) in [6.45, 7) is 5.61. The molecule has 0 atom stereocenters. The Labute approximate surface area is 221 Å². The molecule has 7 rings (SSSR count). The minimum absolute atomic E-state index is 0.681. The number of hydrogen-bond donors (Lipinski definition) is 2. The number of likely N-dealkylation sites (tertiary alicyclic amines) is 1. The first kappa shape index (κ1) is 22.8. The molecule has 1 aliphatic heterocycles. The van der Waals surface area contributed by atoms with Crippen molar-refractivity contribution in [2.45, 2.75) is 32.7 Å². The third-order valence-electron chi connectivity index (χ3n) is 7.53. The Hall–Kier alpha value is -4.36. The molecular weight excluding hydrogens is 470 g/mol. The van der Waals surface area contributed by atoms with Gasteiger partial charge < -0.3 is 4.98 Å². The highest BCUT2D eigenvalue weighted by molar-refractivity contribution is 5.97. The van der Waals surface area contributed by atoms with Crippen molar-refractivity contribution in [3.63, 3.8) is 0 Å². The normalized spacial score (nSPS) is 14.1. The van der Waals surface area contributed by atoms with E-state index in [1.165, 1.54) is 42.6 Å². The number of rotatable bonds is 6. The van der Waals surface area contributed by atoms with Crippen molar-refractivity contribution < 1.29 is 0 Å². The van der Waals surface area contributed by atoms with Crippen molar-refractivity contribution in [2.75, 3.05) is 13.1 Å². The van der Waals surface area contributed by atoms with Crippen molar-refractivity contribution in [3.05, 3.63) is 84.3 Å². The smallest absolute Gasteiger partial charge is 0.181 e. The number of benzene rings is 2.